The maximum absolute atomic E-state index is 10.8. The second kappa shape index (κ2) is 4.97. The van der Waals surface area contributed by atoms with Crippen molar-refractivity contribution in [1.82, 2.24) is 9.88 Å². The van der Waals surface area contributed by atoms with Crippen LogP contribution in [-0.2, 0) is 6.54 Å². The molecule has 0 amide bonds. The first-order valence-electron chi connectivity index (χ1n) is 6.61. The van der Waals surface area contributed by atoms with E-state index in [0.717, 1.165) is 37.2 Å². The van der Waals surface area contributed by atoms with E-state index in [1.54, 1.807) is 0 Å². The summed E-state index contributed by atoms with van der Waals surface area (Å²) in [6.45, 7) is 3.14. The van der Waals surface area contributed by atoms with Crippen molar-refractivity contribution in [3.8, 4) is 0 Å². The van der Waals surface area contributed by atoms with E-state index in [0.29, 0.717) is 0 Å². The summed E-state index contributed by atoms with van der Waals surface area (Å²) in [5.74, 6) is 0.798. The van der Waals surface area contributed by atoms with Gasteiger partial charge in [0.25, 0.3) is 0 Å². The minimum atomic E-state index is -0.915. The van der Waals surface area contributed by atoms with Crippen LogP contribution in [0.3, 0.4) is 0 Å². The first-order chi connectivity index (χ1) is 8.70. The van der Waals surface area contributed by atoms with Gasteiger partial charge in [-0.05, 0) is 31.1 Å². The van der Waals surface area contributed by atoms with Crippen LogP contribution in [0.15, 0.2) is 5.38 Å². The van der Waals surface area contributed by atoms with Gasteiger partial charge in [0.15, 0.2) is 0 Å². The van der Waals surface area contributed by atoms with Gasteiger partial charge in [-0.1, -0.05) is 6.42 Å². The zero-order valence-electron chi connectivity index (χ0n) is 10.3. The number of piperidine rings is 1. The Morgan fingerprint density at radius 2 is 2.17 bits per heavy atom. The van der Waals surface area contributed by atoms with Gasteiger partial charge in [-0.25, -0.2) is 9.78 Å². The van der Waals surface area contributed by atoms with Crippen LogP contribution in [0.4, 0.5) is 0 Å². The van der Waals surface area contributed by atoms with Crippen LogP contribution in [-0.4, -0.2) is 34.0 Å². The van der Waals surface area contributed by atoms with Crippen LogP contribution in [0.25, 0.3) is 0 Å². The number of aromatic nitrogens is 1. The fourth-order valence-electron chi connectivity index (χ4n) is 3.37. The Bertz CT molecular complexity index is 434. The number of carbonyl (C=O) groups is 1. The molecule has 0 spiro atoms. The second-order valence-electron chi connectivity index (χ2n) is 5.54. The molecule has 1 aliphatic heterocycles. The maximum Gasteiger partial charge on any atom is 0.365 e. The lowest BCUT2D eigenvalue weighted by molar-refractivity contribution is 0.0693. The van der Waals surface area contributed by atoms with Crippen molar-refractivity contribution in [3.05, 3.63) is 16.1 Å². The minimum absolute atomic E-state index is 0.210. The molecule has 4 nitrogen and oxygen atoms in total. The number of rotatable bonds is 3. The minimum Gasteiger partial charge on any atom is -0.476 e. The predicted octanol–water partition coefficient (Wildman–Crippen LogP) is 2.46. The van der Waals surface area contributed by atoms with Crippen LogP contribution in [0, 0.1) is 11.8 Å². The van der Waals surface area contributed by atoms with E-state index in [4.69, 9.17) is 5.11 Å². The maximum atomic E-state index is 10.8. The third-order valence-corrected chi connectivity index (χ3v) is 4.92. The molecule has 3 rings (SSSR count). The molecule has 2 aliphatic rings. The molecule has 98 valence electrons. The molecular weight excluding hydrogens is 248 g/mol. The topological polar surface area (TPSA) is 53.4 Å². The molecule has 1 aromatic rings. The first-order valence-corrected chi connectivity index (χ1v) is 7.48. The fourth-order valence-corrected chi connectivity index (χ4v) is 4.02. The zero-order valence-corrected chi connectivity index (χ0v) is 11.2. The van der Waals surface area contributed by atoms with E-state index < -0.39 is 5.97 Å². The van der Waals surface area contributed by atoms with Crippen LogP contribution >= 0.6 is 11.3 Å². The highest BCUT2D eigenvalue weighted by Crippen LogP contribution is 2.34. The van der Waals surface area contributed by atoms with Crippen molar-refractivity contribution >= 4 is 17.3 Å². The molecule has 1 saturated heterocycles. The summed E-state index contributed by atoms with van der Waals surface area (Å²) in [6, 6.07) is 0. The number of likely N-dealkylation sites (tertiary alicyclic amines) is 1. The Morgan fingerprint density at radius 1 is 1.44 bits per heavy atom. The number of carboxylic acids is 1. The highest BCUT2D eigenvalue weighted by atomic mass is 32.1. The lowest BCUT2D eigenvalue weighted by Gasteiger charge is -2.41. The van der Waals surface area contributed by atoms with E-state index in [9.17, 15) is 4.79 Å². The summed E-state index contributed by atoms with van der Waals surface area (Å²) in [5, 5.41) is 11.0. The Labute approximate surface area is 111 Å². The summed E-state index contributed by atoms with van der Waals surface area (Å²) in [6.07, 6.45) is 5.52. The van der Waals surface area contributed by atoms with Gasteiger partial charge in [-0.3, -0.25) is 4.90 Å². The number of hydrogen-bond acceptors (Lipinski definition) is 4. The normalized spacial score (nSPS) is 28.2. The molecule has 0 aromatic carbocycles. The van der Waals surface area contributed by atoms with Gasteiger partial charge in [0.1, 0.15) is 0 Å². The zero-order chi connectivity index (χ0) is 12.5. The fraction of sp³-hybridized carbons (Fsp3) is 0.692. The number of aromatic carboxylic acids is 1. The molecule has 1 N–H and O–H groups in total. The summed E-state index contributed by atoms with van der Waals surface area (Å²) in [4.78, 5) is 17.4. The molecule has 2 fully saturated rings. The Kier molecular flexibility index (Phi) is 3.35. The van der Waals surface area contributed by atoms with E-state index >= 15 is 0 Å². The van der Waals surface area contributed by atoms with Crippen molar-refractivity contribution in [2.24, 2.45) is 11.8 Å². The van der Waals surface area contributed by atoms with E-state index in [-0.39, 0.29) is 5.01 Å². The highest BCUT2D eigenvalue weighted by molar-refractivity contribution is 7.11. The number of thiazole rings is 1. The molecule has 2 unspecified atom stereocenters. The Hall–Kier alpha value is -0.940. The summed E-state index contributed by atoms with van der Waals surface area (Å²) < 4.78 is 0. The molecule has 2 atom stereocenters. The number of nitrogens with zero attached hydrogens (tertiary/aromatic N) is 2. The van der Waals surface area contributed by atoms with Gasteiger partial charge < -0.3 is 5.11 Å². The molecule has 18 heavy (non-hydrogen) atoms. The van der Waals surface area contributed by atoms with Gasteiger partial charge in [-0.15, -0.1) is 11.3 Å². The third kappa shape index (κ3) is 2.57. The van der Waals surface area contributed by atoms with Crippen LogP contribution in [0.2, 0.25) is 0 Å². The second-order valence-corrected chi connectivity index (χ2v) is 6.40. The summed E-state index contributed by atoms with van der Waals surface area (Å²) >= 11 is 1.23. The Balaban J connectivity index is 1.63. The smallest absolute Gasteiger partial charge is 0.365 e. The molecule has 1 saturated carbocycles. The monoisotopic (exact) mass is 266 g/mol. The van der Waals surface area contributed by atoms with Gasteiger partial charge in [0.2, 0.25) is 5.01 Å². The summed E-state index contributed by atoms with van der Waals surface area (Å²) in [7, 11) is 0. The standard InChI is InChI=1S/C13H18N2O2S/c16-13(17)12-14-11(8-18-12)7-15-5-9-2-1-3-10(4-9)6-15/h8-10H,1-7H2,(H,16,17). The van der Waals surface area contributed by atoms with Crippen molar-refractivity contribution in [2.75, 3.05) is 13.1 Å². The number of carboxylic acid groups (broad SMARTS) is 1. The predicted molar refractivity (Wildman–Crippen MR) is 69.8 cm³/mol. The van der Waals surface area contributed by atoms with Gasteiger partial charge in [0, 0.05) is 25.0 Å². The largest absolute Gasteiger partial charge is 0.476 e. The van der Waals surface area contributed by atoms with Crippen molar-refractivity contribution in [2.45, 2.75) is 32.2 Å². The molecule has 2 heterocycles. The molecule has 1 aromatic heterocycles. The SMILES string of the molecule is O=C(O)c1nc(CN2CC3CCCC(C3)C2)cs1. The van der Waals surface area contributed by atoms with Gasteiger partial charge in [-0.2, -0.15) is 0 Å². The average molecular weight is 266 g/mol. The van der Waals surface area contributed by atoms with Gasteiger partial charge >= 0.3 is 5.97 Å². The third-order valence-electron chi connectivity index (χ3n) is 4.04. The van der Waals surface area contributed by atoms with Crippen molar-refractivity contribution < 1.29 is 9.90 Å². The first kappa shape index (κ1) is 12.1. The van der Waals surface area contributed by atoms with E-state index in [2.05, 4.69) is 9.88 Å². The summed E-state index contributed by atoms with van der Waals surface area (Å²) in [5.41, 5.74) is 0.914. The van der Waals surface area contributed by atoms with Gasteiger partial charge in [0.05, 0.1) is 5.69 Å². The number of hydrogen-bond donors (Lipinski definition) is 1. The van der Waals surface area contributed by atoms with Crippen molar-refractivity contribution in [1.29, 1.82) is 0 Å². The molecule has 0 radical (unpaired) electrons. The van der Waals surface area contributed by atoms with E-state index in [1.165, 1.54) is 37.0 Å². The molecule has 5 heteroatoms. The van der Waals surface area contributed by atoms with E-state index in [1.807, 2.05) is 5.38 Å². The average Bonchev–Trinajstić information content (AvgIpc) is 2.77. The van der Waals surface area contributed by atoms with Crippen LogP contribution in [0.1, 0.15) is 41.2 Å². The Morgan fingerprint density at radius 3 is 2.78 bits per heavy atom. The molecular formula is C13H18N2O2S. The lowest BCUT2D eigenvalue weighted by Crippen LogP contribution is -2.42. The van der Waals surface area contributed by atoms with Crippen molar-refractivity contribution in [3.63, 3.8) is 0 Å². The highest BCUT2D eigenvalue weighted by Gasteiger charge is 2.30. The van der Waals surface area contributed by atoms with Crippen LogP contribution < -0.4 is 0 Å². The molecule has 1 aliphatic carbocycles. The van der Waals surface area contributed by atoms with Crippen LogP contribution in [0.5, 0.6) is 0 Å². The lowest BCUT2D eigenvalue weighted by atomic mass is 9.78. The quantitative estimate of drug-likeness (QED) is 0.913. The number of fused-ring (bicyclic) bond motifs is 2. The molecule has 2 bridgehead atoms.